The number of aryl methyl sites for hydroxylation is 1. The van der Waals surface area contributed by atoms with E-state index in [4.69, 9.17) is 0 Å². The van der Waals surface area contributed by atoms with Crippen molar-refractivity contribution < 1.29 is 17.6 Å². The molecule has 0 spiro atoms. The lowest BCUT2D eigenvalue weighted by Gasteiger charge is -2.14. The number of hydrogen-bond acceptors (Lipinski definition) is 0. The molecule has 1 aromatic rings. The third-order valence-corrected chi connectivity index (χ3v) is 2.28. The van der Waals surface area contributed by atoms with Crippen molar-refractivity contribution >= 4 is 0 Å². The summed E-state index contributed by atoms with van der Waals surface area (Å²) in [6, 6.07) is 1.84. The van der Waals surface area contributed by atoms with E-state index in [1.807, 2.05) is 13.8 Å². The van der Waals surface area contributed by atoms with E-state index in [0.717, 1.165) is 12.1 Å². The van der Waals surface area contributed by atoms with E-state index in [1.165, 1.54) is 0 Å². The predicted octanol–water partition coefficient (Wildman–Crippen LogP) is 4.28. The highest BCUT2D eigenvalue weighted by molar-refractivity contribution is 5.35. The average molecular weight is 220 g/mol. The Bertz CT molecular complexity index is 364. The van der Waals surface area contributed by atoms with Crippen LogP contribution in [0.2, 0.25) is 0 Å². The Labute approximate surface area is 85.9 Å². The van der Waals surface area contributed by atoms with Crippen molar-refractivity contribution in [3.8, 4) is 0 Å². The minimum atomic E-state index is -4.62. The molecule has 0 aliphatic carbocycles. The van der Waals surface area contributed by atoms with Gasteiger partial charge in [0.25, 0.3) is 0 Å². The molecule has 0 aliphatic heterocycles. The van der Waals surface area contributed by atoms with Crippen LogP contribution >= 0.6 is 0 Å². The molecule has 0 heterocycles. The summed E-state index contributed by atoms with van der Waals surface area (Å²) in [5.41, 5.74) is -0.108. The Hall–Kier alpha value is -1.06. The summed E-state index contributed by atoms with van der Waals surface area (Å²) in [6.45, 7) is 5.19. The van der Waals surface area contributed by atoms with Crippen molar-refractivity contribution in [1.29, 1.82) is 0 Å². The van der Waals surface area contributed by atoms with Crippen LogP contribution in [-0.4, -0.2) is 0 Å². The van der Waals surface area contributed by atoms with Crippen LogP contribution in [0.3, 0.4) is 0 Å². The van der Waals surface area contributed by atoms with Crippen LogP contribution in [0.1, 0.15) is 36.5 Å². The van der Waals surface area contributed by atoms with Crippen molar-refractivity contribution in [3.05, 3.63) is 34.6 Å². The van der Waals surface area contributed by atoms with Gasteiger partial charge in [0.1, 0.15) is 5.82 Å². The van der Waals surface area contributed by atoms with Crippen LogP contribution in [0, 0.1) is 12.7 Å². The molecule has 0 nitrogen and oxygen atoms in total. The SMILES string of the molecule is Cc1cc(C(F)(F)F)c(F)cc1C(C)C. The molecule has 1 aromatic carbocycles. The summed E-state index contributed by atoms with van der Waals surface area (Å²) < 4.78 is 50.1. The molecule has 84 valence electrons. The fourth-order valence-corrected chi connectivity index (χ4v) is 1.54. The molecule has 0 saturated carbocycles. The summed E-state index contributed by atoms with van der Waals surface area (Å²) in [4.78, 5) is 0. The van der Waals surface area contributed by atoms with Gasteiger partial charge < -0.3 is 0 Å². The zero-order valence-corrected chi connectivity index (χ0v) is 8.74. The molecule has 0 saturated heterocycles. The Morgan fingerprint density at radius 1 is 1.13 bits per heavy atom. The highest BCUT2D eigenvalue weighted by Crippen LogP contribution is 2.34. The highest BCUT2D eigenvalue weighted by atomic mass is 19.4. The van der Waals surface area contributed by atoms with Crippen LogP contribution < -0.4 is 0 Å². The molecule has 0 aliphatic rings. The zero-order chi connectivity index (χ0) is 11.8. The van der Waals surface area contributed by atoms with Gasteiger partial charge in [0.05, 0.1) is 5.56 Å². The summed E-state index contributed by atoms with van der Waals surface area (Å²) in [5.74, 6) is -1.18. The van der Waals surface area contributed by atoms with Crippen LogP contribution in [0.5, 0.6) is 0 Å². The summed E-state index contributed by atoms with van der Waals surface area (Å²) in [6.07, 6.45) is -4.62. The normalized spacial score (nSPS) is 12.3. The van der Waals surface area contributed by atoms with E-state index in [2.05, 4.69) is 0 Å². The molecule has 0 atom stereocenters. The third-order valence-electron chi connectivity index (χ3n) is 2.28. The average Bonchev–Trinajstić information content (AvgIpc) is 2.06. The molecule has 0 bridgehead atoms. The van der Waals surface area contributed by atoms with Crippen molar-refractivity contribution in [2.45, 2.75) is 32.9 Å². The minimum absolute atomic E-state index is 0.0155. The lowest BCUT2D eigenvalue weighted by atomic mass is 9.95. The second-order valence-electron chi connectivity index (χ2n) is 3.84. The van der Waals surface area contributed by atoms with E-state index in [-0.39, 0.29) is 5.92 Å². The Morgan fingerprint density at radius 3 is 2.07 bits per heavy atom. The number of halogens is 4. The van der Waals surface area contributed by atoms with Crippen molar-refractivity contribution in [2.24, 2.45) is 0 Å². The number of alkyl halides is 3. The lowest BCUT2D eigenvalue weighted by Crippen LogP contribution is -2.10. The maximum absolute atomic E-state index is 13.2. The van der Waals surface area contributed by atoms with E-state index < -0.39 is 17.6 Å². The van der Waals surface area contributed by atoms with Crippen LogP contribution in [0.4, 0.5) is 17.6 Å². The van der Waals surface area contributed by atoms with Gasteiger partial charge in [-0.25, -0.2) is 4.39 Å². The van der Waals surface area contributed by atoms with Crippen molar-refractivity contribution in [2.75, 3.05) is 0 Å². The second-order valence-corrected chi connectivity index (χ2v) is 3.84. The van der Waals surface area contributed by atoms with Gasteiger partial charge in [-0.3, -0.25) is 0 Å². The molecule has 0 amide bonds. The standard InChI is InChI=1S/C11H12F4/c1-6(2)8-5-10(12)9(4-7(8)3)11(13,14)15/h4-6H,1-3H3. The number of rotatable bonds is 1. The fraction of sp³-hybridized carbons (Fsp3) is 0.455. The van der Waals surface area contributed by atoms with Gasteiger partial charge in [-0.1, -0.05) is 13.8 Å². The monoisotopic (exact) mass is 220 g/mol. The van der Waals surface area contributed by atoms with Crippen molar-refractivity contribution in [1.82, 2.24) is 0 Å². The molecular formula is C11H12F4. The van der Waals surface area contributed by atoms with Crippen LogP contribution in [-0.2, 0) is 6.18 Å². The predicted molar refractivity (Wildman–Crippen MR) is 50.2 cm³/mol. The minimum Gasteiger partial charge on any atom is -0.206 e. The first kappa shape index (κ1) is 12.0. The molecular weight excluding hydrogens is 208 g/mol. The lowest BCUT2D eigenvalue weighted by molar-refractivity contribution is -0.140. The maximum Gasteiger partial charge on any atom is 0.419 e. The van der Waals surface area contributed by atoms with Gasteiger partial charge in [0.2, 0.25) is 0 Å². The van der Waals surface area contributed by atoms with E-state index in [1.54, 1.807) is 6.92 Å². The first-order valence-corrected chi connectivity index (χ1v) is 4.60. The Balaban J connectivity index is 3.32. The number of benzene rings is 1. The molecule has 1 rings (SSSR count). The fourth-order valence-electron chi connectivity index (χ4n) is 1.54. The van der Waals surface area contributed by atoms with Gasteiger partial charge >= 0.3 is 6.18 Å². The first-order chi connectivity index (χ1) is 6.73. The summed E-state index contributed by atoms with van der Waals surface area (Å²) >= 11 is 0. The summed E-state index contributed by atoms with van der Waals surface area (Å²) in [5, 5.41) is 0. The van der Waals surface area contributed by atoms with E-state index in [0.29, 0.717) is 11.1 Å². The molecule has 4 heteroatoms. The maximum atomic E-state index is 13.2. The molecule has 0 aromatic heterocycles. The van der Waals surface area contributed by atoms with E-state index in [9.17, 15) is 17.6 Å². The van der Waals surface area contributed by atoms with Gasteiger partial charge in [0.15, 0.2) is 0 Å². The van der Waals surface area contributed by atoms with Crippen LogP contribution in [0.25, 0.3) is 0 Å². The quantitative estimate of drug-likeness (QED) is 0.620. The van der Waals surface area contributed by atoms with Crippen molar-refractivity contribution in [3.63, 3.8) is 0 Å². The van der Waals surface area contributed by atoms with Gasteiger partial charge in [-0.15, -0.1) is 0 Å². The number of hydrogen-bond donors (Lipinski definition) is 0. The molecule has 0 unspecified atom stereocenters. The van der Waals surface area contributed by atoms with Gasteiger partial charge in [0, 0.05) is 0 Å². The van der Waals surface area contributed by atoms with Crippen LogP contribution in [0.15, 0.2) is 12.1 Å². The smallest absolute Gasteiger partial charge is 0.206 e. The van der Waals surface area contributed by atoms with Gasteiger partial charge in [-0.05, 0) is 36.1 Å². The highest BCUT2D eigenvalue weighted by Gasteiger charge is 2.34. The van der Waals surface area contributed by atoms with Gasteiger partial charge in [-0.2, -0.15) is 13.2 Å². The Morgan fingerprint density at radius 2 is 1.67 bits per heavy atom. The molecule has 0 fully saturated rings. The first-order valence-electron chi connectivity index (χ1n) is 4.60. The summed E-state index contributed by atoms with van der Waals surface area (Å²) in [7, 11) is 0. The molecule has 0 radical (unpaired) electrons. The second kappa shape index (κ2) is 3.83. The largest absolute Gasteiger partial charge is 0.419 e. The third kappa shape index (κ3) is 2.49. The molecule has 0 N–H and O–H groups in total. The Kier molecular flexibility index (Phi) is 3.07. The molecule has 15 heavy (non-hydrogen) atoms. The topological polar surface area (TPSA) is 0 Å². The van der Waals surface area contributed by atoms with E-state index >= 15 is 0 Å². The zero-order valence-electron chi connectivity index (χ0n) is 8.74.